The first kappa shape index (κ1) is 5.48. The van der Waals surface area contributed by atoms with Crippen LogP contribution in [0.2, 0.25) is 0 Å². The highest BCUT2D eigenvalue weighted by atomic mass is 14.8. The molecule has 0 amide bonds. The van der Waals surface area contributed by atoms with Crippen LogP contribution >= 0.6 is 0 Å². The molecule has 1 nitrogen and oxygen atoms in total. The molecule has 0 aromatic carbocycles. The third kappa shape index (κ3) is 0.799. The van der Waals surface area contributed by atoms with E-state index in [2.05, 4.69) is 12.7 Å². The van der Waals surface area contributed by atoms with E-state index < -0.39 is 0 Å². The van der Waals surface area contributed by atoms with E-state index in [9.17, 15) is 0 Å². The van der Waals surface area contributed by atoms with Gasteiger partial charge in [-0.3, -0.25) is 0 Å². The standard InChI is InChI=1S/C8H13N/c1-2-5-3-6(5)7-4-8(7)9/h2,5-8H,1,3-4,9H2. The smallest absolute Gasteiger partial charge is 0.00739 e. The zero-order chi connectivity index (χ0) is 6.43. The third-order valence-corrected chi connectivity index (χ3v) is 2.63. The van der Waals surface area contributed by atoms with Gasteiger partial charge < -0.3 is 5.73 Å². The van der Waals surface area contributed by atoms with Gasteiger partial charge in [-0.25, -0.2) is 0 Å². The Morgan fingerprint density at radius 2 is 2.00 bits per heavy atom. The van der Waals surface area contributed by atoms with Gasteiger partial charge in [0.15, 0.2) is 0 Å². The quantitative estimate of drug-likeness (QED) is 0.548. The highest BCUT2D eigenvalue weighted by Crippen LogP contribution is 2.53. The summed E-state index contributed by atoms with van der Waals surface area (Å²) in [5.41, 5.74) is 5.69. The Morgan fingerprint density at radius 3 is 2.33 bits per heavy atom. The molecule has 2 aliphatic rings. The molecule has 2 N–H and O–H groups in total. The summed E-state index contributed by atoms with van der Waals surface area (Å²) in [6.07, 6.45) is 4.71. The summed E-state index contributed by atoms with van der Waals surface area (Å²) in [6, 6.07) is 0.542. The molecule has 9 heavy (non-hydrogen) atoms. The van der Waals surface area contributed by atoms with Crippen molar-refractivity contribution in [2.45, 2.75) is 18.9 Å². The number of hydrogen-bond acceptors (Lipinski definition) is 1. The Morgan fingerprint density at radius 1 is 1.33 bits per heavy atom. The molecule has 0 radical (unpaired) electrons. The van der Waals surface area contributed by atoms with Crippen LogP contribution in [0.5, 0.6) is 0 Å². The maximum atomic E-state index is 5.69. The molecule has 2 rings (SSSR count). The summed E-state index contributed by atoms with van der Waals surface area (Å²) in [5, 5.41) is 0. The van der Waals surface area contributed by atoms with Crippen LogP contribution in [-0.4, -0.2) is 6.04 Å². The van der Waals surface area contributed by atoms with Crippen molar-refractivity contribution in [3.8, 4) is 0 Å². The monoisotopic (exact) mass is 123 g/mol. The molecule has 0 heterocycles. The van der Waals surface area contributed by atoms with Crippen molar-refractivity contribution in [1.29, 1.82) is 0 Å². The lowest BCUT2D eigenvalue weighted by molar-refractivity contribution is 0.656. The predicted molar refractivity (Wildman–Crippen MR) is 37.9 cm³/mol. The zero-order valence-corrected chi connectivity index (χ0v) is 5.59. The van der Waals surface area contributed by atoms with Crippen LogP contribution in [-0.2, 0) is 0 Å². The normalized spacial score (nSPS) is 54.8. The van der Waals surface area contributed by atoms with E-state index in [0.717, 1.165) is 17.8 Å². The topological polar surface area (TPSA) is 26.0 Å². The number of rotatable bonds is 2. The molecule has 4 unspecified atom stereocenters. The third-order valence-electron chi connectivity index (χ3n) is 2.63. The fourth-order valence-electron chi connectivity index (χ4n) is 1.73. The molecule has 2 saturated carbocycles. The van der Waals surface area contributed by atoms with Gasteiger partial charge in [-0.1, -0.05) is 6.08 Å². The number of hydrogen-bond donors (Lipinski definition) is 1. The van der Waals surface area contributed by atoms with E-state index in [1.165, 1.54) is 12.8 Å². The molecule has 4 atom stereocenters. The number of allylic oxidation sites excluding steroid dienone is 1. The largest absolute Gasteiger partial charge is 0.327 e. The minimum Gasteiger partial charge on any atom is -0.327 e. The van der Waals surface area contributed by atoms with Crippen LogP contribution in [0.1, 0.15) is 12.8 Å². The summed E-state index contributed by atoms with van der Waals surface area (Å²) >= 11 is 0. The Labute approximate surface area is 55.9 Å². The summed E-state index contributed by atoms with van der Waals surface area (Å²) < 4.78 is 0. The van der Waals surface area contributed by atoms with Crippen LogP contribution in [0, 0.1) is 17.8 Å². The SMILES string of the molecule is C=CC1CC1C1CC1N. The fraction of sp³-hybridized carbons (Fsp3) is 0.750. The minimum absolute atomic E-state index is 0.542. The Hall–Kier alpha value is -0.300. The lowest BCUT2D eigenvalue weighted by Gasteiger charge is -1.88. The maximum Gasteiger partial charge on any atom is 0.00739 e. The lowest BCUT2D eigenvalue weighted by Crippen LogP contribution is -2.03. The van der Waals surface area contributed by atoms with Gasteiger partial charge in [-0.05, 0) is 30.6 Å². The van der Waals surface area contributed by atoms with E-state index in [0.29, 0.717) is 6.04 Å². The van der Waals surface area contributed by atoms with Gasteiger partial charge in [-0.2, -0.15) is 0 Å². The van der Waals surface area contributed by atoms with Crippen molar-refractivity contribution in [2.75, 3.05) is 0 Å². The second-order valence-corrected chi connectivity index (χ2v) is 3.36. The van der Waals surface area contributed by atoms with Gasteiger partial charge in [0, 0.05) is 6.04 Å². The molecule has 50 valence electrons. The Balaban J connectivity index is 1.84. The van der Waals surface area contributed by atoms with Gasteiger partial charge >= 0.3 is 0 Å². The predicted octanol–water partition coefficient (Wildman–Crippen LogP) is 1.16. The van der Waals surface area contributed by atoms with E-state index in [-0.39, 0.29) is 0 Å². The van der Waals surface area contributed by atoms with E-state index >= 15 is 0 Å². The van der Waals surface area contributed by atoms with Crippen molar-refractivity contribution in [1.82, 2.24) is 0 Å². The molecule has 0 saturated heterocycles. The average molecular weight is 123 g/mol. The molecule has 2 fully saturated rings. The van der Waals surface area contributed by atoms with Gasteiger partial charge in [0.2, 0.25) is 0 Å². The summed E-state index contributed by atoms with van der Waals surface area (Å²) in [4.78, 5) is 0. The maximum absolute atomic E-state index is 5.69. The fourth-order valence-corrected chi connectivity index (χ4v) is 1.73. The van der Waals surface area contributed by atoms with Crippen LogP contribution in [0.4, 0.5) is 0 Å². The van der Waals surface area contributed by atoms with Crippen molar-refractivity contribution in [2.24, 2.45) is 23.5 Å². The minimum atomic E-state index is 0.542. The molecular formula is C8H13N. The lowest BCUT2D eigenvalue weighted by atomic mass is 10.2. The first-order chi connectivity index (χ1) is 4.33. The first-order valence-corrected chi connectivity index (χ1v) is 3.71. The van der Waals surface area contributed by atoms with Crippen LogP contribution in [0.25, 0.3) is 0 Å². The molecular weight excluding hydrogens is 110 g/mol. The second kappa shape index (κ2) is 1.60. The molecule has 1 heteroatoms. The van der Waals surface area contributed by atoms with Crippen molar-refractivity contribution in [3.05, 3.63) is 12.7 Å². The summed E-state index contributed by atoms with van der Waals surface area (Å²) in [5.74, 6) is 2.62. The van der Waals surface area contributed by atoms with E-state index in [1.807, 2.05) is 0 Å². The van der Waals surface area contributed by atoms with E-state index in [4.69, 9.17) is 5.73 Å². The first-order valence-electron chi connectivity index (χ1n) is 3.71. The summed E-state index contributed by atoms with van der Waals surface area (Å²) in [7, 11) is 0. The second-order valence-electron chi connectivity index (χ2n) is 3.36. The molecule has 0 aromatic rings. The van der Waals surface area contributed by atoms with Crippen molar-refractivity contribution >= 4 is 0 Å². The molecule has 0 spiro atoms. The molecule has 0 bridgehead atoms. The molecule has 2 aliphatic carbocycles. The zero-order valence-electron chi connectivity index (χ0n) is 5.59. The molecule has 0 aliphatic heterocycles. The molecule has 0 aromatic heterocycles. The van der Waals surface area contributed by atoms with Crippen LogP contribution in [0.15, 0.2) is 12.7 Å². The highest BCUT2D eigenvalue weighted by molar-refractivity contribution is 5.09. The van der Waals surface area contributed by atoms with Gasteiger partial charge in [0.25, 0.3) is 0 Å². The number of nitrogens with two attached hydrogens (primary N) is 1. The van der Waals surface area contributed by atoms with Gasteiger partial charge in [0.1, 0.15) is 0 Å². The van der Waals surface area contributed by atoms with Crippen molar-refractivity contribution in [3.63, 3.8) is 0 Å². The van der Waals surface area contributed by atoms with Crippen LogP contribution < -0.4 is 5.73 Å². The van der Waals surface area contributed by atoms with Crippen molar-refractivity contribution < 1.29 is 0 Å². The van der Waals surface area contributed by atoms with E-state index in [1.54, 1.807) is 0 Å². The van der Waals surface area contributed by atoms with Gasteiger partial charge in [0.05, 0.1) is 0 Å². The average Bonchev–Trinajstić information content (AvgIpc) is 2.61. The highest BCUT2D eigenvalue weighted by Gasteiger charge is 2.50. The van der Waals surface area contributed by atoms with Gasteiger partial charge in [-0.15, -0.1) is 6.58 Å². The Bertz CT molecular complexity index is 142. The summed E-state index contributed by atoms with van der Waals surface area (Å²) in [6.45, 7) is 3.77. The Kier molecular flexibility index (Phi) is 0.974. The van der Waals surface area contributed by atoms with Crippen LogP contribution in [0.3, 0.4) is 0 Å².